The fourth-order valence-electron chi connectivity index (χ4n) is 2.70. The number of aliphatic imine (C=N–C) groups is 1. The molecule has 0 N–H and O–H groups in total. The highest BCUT2D eigenvalue weighted by Crippen LogP contribution is 2.30. The van der Waals surface area contributed by atoms with E-state index >= 15 is 0 Å². The van der Waals surface area contributed by atoms with Crippen LogP contribution >= 0.6 is 0 Å². The van der Waals surface area contributed by atoms with E-state index in [1.165, 1.54) is 28.1 Å². The van der Waals surface area contributed by atoms with Gasteiger partial charge in [0.1, 0.15) is 0 Å². The third-order valence-electron chi connectivity index (χ3n) is 3.83. The second-order valence-electron chi connectivity index (χ2n) is 5.83. The van der Waals surface area contributed by atoms with Crippen LogP contribution < -0.4 is 0 Å². The summed E-state index contributed by atoms with van der Waals surface area (Å²) in [5, 5.41) is 0. The Morgan fingerprint density at radius 3 is 2.90 bits per heavy atom. The molecule has 2 heterocycles. The predicted octanol–water partition coefficient (Wildman–Crippen LogP) is 3.48. The van der Waals surface area contributed by atoms with Gasteiger partial charge in [0.25, 0.3) is 0 Å². The quantitative estimate of drug-likeness (QED) is 0.825. The lowest BCUT2D eigenvalue weighted by molar-refractivity contribution is 0.400. The summed E-state index contributed by atoms with van der Waals surface area (Å²) in [5.41, 5.74) is 6.20. The second kappa shape index (κ2) is 6.19. The van der Waals surface area contributed by atoms with Crippen LogP contribution in [0.5, 0.6) is 0 Å². The highest BCUT2D eigenvalue weighted by atomic mass is 15.0. The van der Waals surface area contributed by atoms with Gasteiger partial charge in [-0.2, -0.15) is 0 Å². The van der Waals surface area contributed by atoms with Gasteiger partial charge in [-0.25, -0.2) is 0 Å². The van der Waals surface area contributed by atoms with Crippen LogP contribution in [0.4, 0.5) is 0 Å². The summed E-state index contributed by atoms with van der Waals surface area (Å²) in [4.78, 5) is 11.2. The zero-order valence-electron chi connectivity index (χ0n) is 12.7. The summed E-state index contributed by atoms with van der Waals surface area (Å²) in [6.07, 6.45) is 13.5. The van der Waals surface area contributed by atoms with Crippen LogP contribution in [0.15, 0.2) is 59.0 Å². The van der Waals surface area contributed by atoms with Crippen molar-refractivity contribution in [3.63, 3.8) is 0 Å². The molecule has 0 amide bonds. The highest BCUT2D eigenvalue weighted by molar-refractivity contribution is 6.12. The van der Waals surface area contributed by atoms with Crippen LogP contribution in [0, 0.1) is 0 Å². The third kappa shape index (κ3) is 3.37. The normalized spacial score (nSPS) is 17.1. The zero-order valence-corrected chi connectivity index (χ0v) is 12.7. The number of rotatable bonds is 5. The van der Waals surface area contributed by atoms with Gasteiger partial charge in [0.05, 0.1) is 5.71 Å². The highest BCUT2D eigenvalue weighted by Gasteiger charge is 2.19. The fourth-order valence-corrected chi connectivity index (χ4v) is 2.70. The first-order chi connectivity index (χ1) is 10.2. The molecule has 3 rings (SSSR count). The largest absolute Gasteiger partial charge is 0.309 e. The van der Waals surface area contributed by atoms with Gasteiger partial charge in [-0.1, -0.05) is 18.2 Å². The van der Waals surface area contributed by atoms with Crippen molar-refractivity contribution in [2.24, 2.45) is 4.99 Å². The van der Waals surface area contributed by atoms with Gasteiger partial charge >= 0.3 is 0 Å². The molecule has 0 saturated carbocycles. The third-order valence-corrected chi connectivity index (χ3v) is 3.83. The summed E-state index contributed by atoms with van der Waals surface area (Å²) in [7, 11) is 4.22. The van der Waals surface area contributed by atoms with Gasteiger partial charge in [0, 0.05) is 24.5 Å². The van der Waals surface area contributed by atoms with Gasteiger partial charge in [0.2, 0.25) is 0 Å². The van der Waals surface area contributed by atoms with Crippen LogP contribution in [0.2, 0.25) is 0 Å². The van der Waals surface area contributed by atoms with E-state index < -0.39 is 0 Å². The van der Waals surface area contributed by atoms with Gasteiger partial charge in [-0.05, 0) is 62.3 Å². The molecule has 2 aliphatic rings. The number of aromatic nitrogens is 1. The van der Waals surface area contributed by atoms with E-state index in [-0.39, 0.29) is 0 Å². The molecule has 0 radical (unpaired) electrons. The first-order valence-electron chi connectivity index (χ1n) is 7.47. The average molecular weight is 279 g/mol. The van der Waals surface area contributed by atoms with E-state index in [1.807, 2.05) is 18.5 Å². The summed E-state index contributed by atoms with van der Waals surface area (Å²) in [6, 6.07) is 4.09. The molecule has 0 saturated heterocycles. The van der Waals surface area contributed by atoms with Crippen LogP contribution in [-0.2, 0) is 0 Å². The molecule has 1 aliphatic carbocycles. The van der Waals surface area contributed by atoms with Crippen molar-refractivity contribution >= 4 is 11.3 Å². The van der Waals surface area contributed by atoms with Crippen molar-refractivity contribution in [2.45, 2.75) is 19.3 Å². The predicted molar refractivity (Wildman–Crippen MR) is 88.2 cm³/mol. The Morgan fingerprint density at radius 2 is 2.14 bits per heavy atom. The minimum atomic E-state index is 0.908. The Hall–Kier alpha value is -2.00. The topological polar surface area (TPSA) is 28.5 Å². The monoisotopic (exact) mass is 279 g/mol. The van der Waals surface area contributed by atoms with Crippen LogP contribution in [0.3, 0.4) is 0 Å². The molecule has 0 fully saturated rings. The summed E-state index contributed by atoms with van der Waals surface area (Å²) >= 11 is 0. The van der Waals surface area contributed by atoms with E-state index in [4.69, 9.17) is 4.99 Å². The first-order valence-corrected chi connectivity index (χ1v) is 7.47. The van der Waals surface area contributed by atoms with Crippen molar-refractivity contribution in [3.05, 3.63) is 59.6 Å². The summed E-state index contributed by atoms with van der Waals surface area (Å²) in [5.74, 6) is 0. The van der Waals surface area contributed by atoms with E-state index in [0.29, 0.717) is 0 Å². The number of allylic oxidation sites excluding steroid dienone is 6. The number of hydrogen-bond donors (Lipinski definition) is 0. The minimum Gasteiger partial charge on any atom is -0.309 e. The Morgan fingerprint density at radius 1 is 1.24 bits per heavy atom. The van der Waals surface area contributed by atoms with E-state index in [1.54, 1.807) is 0 Å². The number of nitrogens with zero attached hydrogens (tertiary/aromatic N) is 3. The maximum atomic E-state index is 4.81. The van der Waals surface area contributed by atoms with Crippen molar-refractivity contribution in [1.82, 2.24) is 9.88 Å². The SMILES string of the molecule is CN(C)CCCC1=CC2=CC=C(c3cccnc3)CC2=N1. The van der Waals surface area contributed by atoms with Crippen molar-refractivity contribution in [1.29, 1.82) is 0 Å². The molecule has 3 nitrogen and oxygen atoms in total. The van der Waals surface area contributed by atoms with E-state index in [0.717, 1.165) is 25.8 Å². The molecule has 0 spiro atoms. The molecular formula is C18H21N3. The number of hydrogen-bond acceptors (Lipinski definition) is 3. The standard InChI is InChI=1S/C18H21N3/c1-21(2)10-4-6-17-11-15-8-7-14(12-18(15)20-17)16-5-3-9-19-13-16/h3,5,7-9,11,13H,4,6,10,12H2,1-2H3. The molecule has 0 atom stereocenters. The molecular weight excluding hydrogens is 258 g/mol. The molecule has 108 valence electrons. The van der Waals surface area contributed by atoms with Crippen LogP contribution in [-0.4, -0.2) is 36.2 Å². The van der Waals surface area contributed by atoms with Crippen molar-refractivity contribution < 1.29 is 0 Å². The molecule has 1 aromatic heterocycles. The lowest BCUT2D eigenvalue weighted by Crippen LogP contribution is -2.12. The molecule has 1 aliphatic heterocycles. The maximum Gasteiger partial charge on any atom is 0.0523 e. The van der Waals surface area contributed by atoms with Gasteiger partial charge < -0.3 is 4.90 Å². The van der Waals surface area contributed by atoms with Crippen LogP contribution in [0.1, 0.15) is 24.8 Å². The van der Waals surface area contributed by atoms with Crippen LogP contribution in [0.25, 0.3) is 5.57 Å². The lowest BCUT2D eigenvalue weighted by atomic mass is 9.93. The van der Waals surface area contributed by atoms with Crippen molar-refractivity contribution in [3.8, 4) is 0 Å². The Bertz CT molecular complexity index is 634. The van der Waals surface area contributed by atoms with Gasteiger partial charge in [0.15, 0.2) is 0 Å². The number of pyridine rings is 1. The number of fused-ring (bicyclic) bond motifs is 1. The average Bonchev–Trinajstić information content (AvgIpc) is 2.89. The molecule has 0 bridgehead atoms. The summed E-state index contributed by atoms with van der Waals surface area (Å²) < 4.78 is 0. The van der Waals surface area contributed by atoms with Gasteiger partial charge in [-0.15, -0.1) is 0 Å². The molecule has 1 aromatic rings. The smallest absolute Gasteiger partial charge is 0.0523 e. The zero-order chi connectivity index (χ0) is 14.7. The molecule has 21 heavy (non-hydrogen) atoms. The summed E-state index contributed by atoms with van der Waals surface area (Å²) in [6.45, 7) is 1.11. The van der Waals surface area contributed by atoms with E-state index in [2.05, 4.69) is 48.3 Å². The van der Waals surface area contributed by atoms with Gasteiger partial charge in [-0.3, -0.25) is 9.98 Å². The molecule has 3 heteroatoms. The Labute approximate surface area is 126 Å². The Kier molecular flexibility index (Phi) is 4.11. The molecule has 0 aromatic carbocycles. The first kappa shape index (κ1) is 14.0. The fraction of sp³-hybridized carbons (Fsp3) is 0.333. The maximum absolute atomic E-state index is 4.81. The lowest BCUT2D eigenvalue weighted by Gasteiger charge is -2.12. The second-order valence-corrected chi connectivity index (χ2v) is 5.83. The minimum absolute atomic E-state index is 0.908. The van der Waals surface area contributed by atoms with Crippen molar-refractivity contribution in [2.75, 3.05) is 20.6 Å². The van der Waals surface area contributed by atoms with E-state index in [9.17, 15) is 0 Å². The molecule has 0 unspecified atom stereocenters. The Balaban J connectivity index is 1.67.